The molecule has 2 aromatic heterocycles. The van der Waals surface area contributed by atoms with E-state index in [9.17, 15) is 0 Å². The molecular formula is C13H17BrN4. The van der Waals surface area contributed by atoms with E-state index < -0.39 is 0 Å². The molecule has 0 aliphatic rings. The maximum Gasteiger partial charge on any atom is 0.129 e. The van der Waals surface area contributed by atoms with Gasteiger partial charge in [0.1, 0.15) is 4.60 Å². The van der Waals surface area contributed by atoms with Crippen molar-refractivity contribution in [2.24, 2.45) is 0 Å². The number of hydrogen-bond donors (Lipinski definition) is 1. The molecule has 2 aromatic rings. The van der Waals surface area contributed by atoms with Gasteiger partial charge in [-0.3, -0.25) is 4.68 Å². The summed E-state index contributed by atoms with van der Waals surface area (Å²) in [7, 11) is 0. The van der Waals surface area contributed by atoms with Crippen LogP contribution >= 0.6 is 15.9 Å². The molecule has 0 atom stereocenters. The number of anilines is 1. The van der Waals surface area contributed by atoms with E-state index in [1.54, 1.807) is 6.20 Å². The van der Waals surface area contributed by atoms with Crippen LogP contribution in [-0.4, -0.2) is 14.8 Å². The van der Waals surface area contributed by atoms with E-state index in [1.807, 2.05) is 23.0 Å². The van der Waals surface area contributed by atoms with Gasteiger partial charge in [-0.25, -0.2) is 4.98 Å². The van der Waals surface area contributed by atoms with Gasteiger partial charge < -0.3 is 5.32 Å². The summed E-state index contributed by atoms with van der Waals surface area (Å²) in [5.74, 6) is 0. The van der Waals surface area contributed by atoms with Crippen LogP contribution in [0.3, 0.4) is 0 Å². The van der Waals surface area contributed by atoms with E-state index in [1.165, 1.54) is 0 Å². The van der Waals surface area contributed by atoms with Gasteiger partial charge in [0.2, 0.25) is 0 Å². The summed E-state index contributed by atoms with van der Waals surface area (Å²) >= 11 is 3.41. The quantitative estimate of drug-likeness (QED) is 0.884. The van der Waals surface area contributed by atoms with Crippen molar-refractivity contribution in [2.75, 3.05) is 5.32 Å². The number of halogens is 1. The maximum absolute atomic E-state index is 4.37. The number of hydrogen-bond acceptors (Lipinski definition) is 3. The molecular weight excluding hydrogens is 292 g/mol. The van der Waals surface area contributed by atoms with Gasteiger partial charge in [-0.1, -0.05) is 0 Å². The van der Waals surface area contributed by atoms with Crippen molar-refractivity contribution >= 4 is 21.6 Å². The van der Waals surface area contributed by atoms with E-state index in [0.717, 1.165) is 22.4 Å². The van der Waals surface area contributed by atoms with Gasteiger partial charge >= 0.3 is 0 Å². The molecule has 18 heavy (non-hydrogen) atoms. The Kier molecular flexibility index (Phi) is 3.71. The maximum atomic E-state index is 4.37. The summed E-state index contributed by atoms with van der Waals surface area (Å²) < 4.78 is 2.80. The second kappa shape index (κ2) is 5.10. The van der Waals surface area contributed by atoms with Gasteiger partial charge in [0, 0.05) is 24.5 Å². The lowest BCUT2D eigenvalue weighted by molar-refractivity contribution is 0.355. The smallest absolute Gasteiger partial charge is 0.129 e. The van der Waals surface area contributed by atoms with Gasteiger partial charge in [-0.05, 0) is 48.8 Å². The summed E-state index contributed by atoms with van der Waals surface area (Å²) in [6.45, 7) is 7.14. The zero-order chi connectivity index (χ0) is 13.2. The fourth-order valence-electron chi connectivity index (χ4n) is 1.53. The van der Waals surface area contributed by atoms with Crippen LogP contribution in [0.4, 0.5) is 5.69 Å². The molecule has 0 fully saturated rings. The van der Waals surface area contributed by atoms with Crippen molar-refractivity contribution in [3.8, 4) is 0 Å². The third kappa shape index (κ3) is 3.10. The molecule has 0 aliphatic heterocycles. The van der Waals surface area contributed by atoms with E-state index in [4.69, 9.17) is 0 Å². The highest BCUT2D eigenvalue weighted by atomic mass is 79.9. The van der Waals surface area contributed by atoms with Crippen molar-refractivity contribution in [2.45, 2.75) is 32.9 Å². The minimum Gasteiger partial charge on any atom is -0.379 e. The van der Waals surface area contributed by atoms with E-state index >= 15 is 0 Å². The first-order chi connectivity index (χ1) is 8.47. The lowest BCUT2D eigenvalue weighted by Gasteiger charge is -2.18. The number of pyridine rings is 1. The highest BCUT2D eigenvalue weighted by Crippen LogP contribution is 2.19. The Bertz CT molecular complexity index is 528. The molecule has 96 valence electrons. The SMILES string of the molecule is CC(C)(C)n1cc(CNc2cccnc2Br)cn1. The molecule has 2 heterocycles. The van der Waals surface area contributed by atoms with Crippen LogP contribution in [0.2, 0.25) is 0 Å². The van der Waals surface area contributed by atoms with Gasteiger partial charge in [0.15, 0.2) is 0 Å². The highest BCUT2D eigenvalue weighted by Gasteiger charge is 2.13. The molecule has 0 aromatic carbocycles. The van der Waals surface area contributed by atoms with Crippen LogP contribution in [0, 0.1) is 0 Å². The molecule has 0 saturated carbocycles. The second-order valence-corrected chi connectivity index (χ2v) is 5.91. The molecule has 1 N–H and O–H groups in total. The Morgan fingerprint density at radius 3 is 2.78 bits per heavy atom. The number of nitrogens with zero attached hydrogens (tertiary/aromatic N) is 3. The van der Waals surface area contributed by atoms with E-state index in [-0.39, 0.29) is 5.54 Å². The first-order valence-corrected chi connectivity index (χ1v) is 6.64. The van der Waals surface area contributed by atoms with Gasteiger partial charge in [0.25, 0.3) is 0 Å². The minimum absolute atomic E-state index is 0.0210. The Hall–Kier alpha value is -1.36. The lowest BCUT2D eigenvalue weighted by atomic mass is 10.1. The van der Waals surface area contributed by atoms with Crippen LogP contribution in [0.1, 0.15) is 26.3 Å². The number of rotatable bonds is 3. The molecule has 2 rings (SSSR count). The molecule has 0 saturated heterocycles. The van der Waals surface area contributed by atoms with Crippen LogP contribution in [0.5, 0.6) is 0 Å². The third-order valence-electron chi connectivity index (χ3n) is 2.57. The third-order valence-corrected chi connectivity index (χ3v) is 3.20. The van der Waals surface area contributed by atoms with Crippen molar-refractivity contribution in [3.63, 3.8) is 0 Å². The van der Waals surface area contributed by atoms with Crippen LogP contribution in [0.15, 0.2) is 35.3 Å². The standard InChI is InChI=1S/C13H17BrN4/c1-13(2,3)18-9-10(8-17-18)7-16-11-5-4-6-15-12(11)14/h4-6,8-9,16H,7H2,1-3H3. The van der Waals surface area contributed by atoms with Gasteiger partial charge in [-0.15, -0.1) is 0 Å². The summed E-state index contributed by atoms with van der Waals surface area (Å²) in [6.07, 6.45) is 5.71. The fraction of sp³-hybridized carbons (Fsp3) is 0.385. The van der Waals surface area contributed by atoms with Gasteiger partial charge in [-0.2, -0.15) is 5.10 Å². The largest absolute Gasteiger partial charge is 0.379 e. The molecule has 0 unspecified atom stereocenters. The monoisotopic (exact) mass is 308 g/mol. The number of aromatic nitrogens is 3. The molecule has 0 radical (unpaired) electrons. The minimum atomic E-state index is 0.0210. The van der Waals surface area contributed by atoms with Crippen molar-refractivity contribution in [3.05, 3.63) is 40.9 Å². The molecule has 0 spiro atoms. The second-order valence-electron chi connectivity index (χ2n) is 5.16. The number of nitrogens with one attached hydrogen (secondary N) is 1. The van der Waals surface area contributed by atoms with Crippen molar-refractivity contribution in [1.82, 2.24) is 14.8 Å². The van der Waals surface area contributed by atoms with Crippen molar-refractivity contribution in [1.29, 1.82) is 0 Å². The Morgan fingerprint density at radius 1 is 1.39 bits per heavy atom. The topological polar surface area (TPSA) is 42.7 Å². The Labute approximate surface area is 116 Å². The van der Waals surface area contributed by atoms with Crippen LogP contribution < -0.4 is 5.32 Å². The first-order valence-electron chi connectivity index (χ1n) is 5.85. The molecule has 0 bridgehead atoms. The summed E-state index contributed by atoms with van der Waals surface area (Å²) in [4.78, 5) is 4.17. The highest BCUT2D eigenvalue weighted by molar-refractivity contribution is 9.10. The normalized spacial score (nSPS) is 11.6. The van der Waals surface area contributed by atoms with Gasteiger partial charge in [0.05, 0.1) is 17.4 Å². The van der Waals surface area contributed by atoms with Crippen molar-refractivity contribution < 1.29 is 0 Å². The zero-order valence-electron chi connectivity index (χ0n) is 10.8. The zero-order valence-corrected chi connectivity index (χ0v) is 12.4. The summed E-state index contributed by atoms with van der Waals surface area (Å²) in [5.41, 5.74) is 2.16. The van der Waals surface area contributed by atoms with Crippen LogP contribution in [0.25, 0.3) is 0 Å². The summed E-state index contributed by atoms with van der Waals surface area (Å²) in [6, 6.07) is 3.90. The lowest BCUT2D eigenvalue weighted by Crippen LogP contribution is -2.21. The fourth-order valence-corrected chi connectivity index (χ4v) is 1.92. The predicted octanol–water partition coefficient (Wildman–Crippen LogP) is 3.41. The molecule has 5 heteroatoms. The predicted molar refractivity (Wildman–Crippen MR) is 76.5 cm³/mol. The van der Waals surface area contributed by atoms with E-state index in [2.05, 4.69) is 58.3 Å². The molecule has 0 aliphatic carbocycles. The molecule has 0 amide bonds. The Balaban J connectivity index is 2.03. The average Bonchev–Trinajstić information content (AvgIpc) is 2.76. The Morgan fingerprint density at radius 2 is 2.17 bits per heavy atom. The average molecular weight is 309 g/mol. The molecule has 4 nitrogen and oxygen atoms in total. The van der Waals surface area contributed by atoms with E-state index in [0.29, 0.717) is 0 Å². The van der Waals surface area contributed by atoms with Crippen LogP contribution in [-0.2, 0) is 12.1 Å². The first kappa shape index (κ1) is 13.1. The summed E-state index contributed by atoms with van der Waals surface area (Å²) in [5, 5.41) is 7.70.